The fourth-order valence-electron chi connectivity index (χ4n) is 3.86. The van der Waals surface area contributed by atoms with Gasteiger partial charge in [0.1, 0.15) is 0 Å². The zero-order chi connectivity index (χ0) is 25.2. The number of carbonyl (C=O) groups is 2. The van der Waals surface area contributed by atoms with Crippen LogP contribution in [-0.4, -0.2) is 67.3 Å². The molecule has 2 atom stereocenters. The quantitative estimate of drug-likeness (QED) is 0.493. The van der Waals surface area contributed by atoms with Gasteiger partial charge >= 0.3 is 0 Å². The lowest BCUT2D eigenvalue weighted by molar-refractivity contribution is -0.115. The summed E-state index contributed by atoms with van der Waals surface area (Å²) in [6.45, 7) is 5.49. The molecule has 12 heteroatoms. The number of thiazole rings is 1. The molecule has 0 aliphatic carbocycles. The molecule has 0 radical (unpaired) electrons. The summed E-state index contributed by atoms with van der Waals surface area (Å²) in [7, 11) is -3.48. The van der Waals surface area contributed by atoms with Gasteiger partial charge in [-0.15, -0.1) is 11.3 Å². The van der Waals surface area contributed by atoms with Crippen molar-refractivity contribution < 1.29 is 22.7 Å². The Hall–Kier alpha value is -3.22. The molecular weight excluding hydrogens is 490 g/mol. The molecule has 0 saturated carbocycles. The molecule has 1 aliphatic heterocycles. The highest BCUT2D eigenvalue weighted by atomic mass is 32.2. The number of amides is 2. The molecule has 1 fully saturated rings. The summed E-state index contributed by atoms with van der Waals surface area (Å²) < 4.78 is 29.8. The van der Waals surface area contributed by atoms with Crippen LogP contribution in [0.25, 0.3) is 11.3 Å². The van der Waals surface area contributed by atoms with Crippen molar-refractivity contribution in [1.82, 2.24) is 14.3 Å². The molecule has 2 N–H and O–H groups in total. The largest absolute Gasteiger partial charge is 0.372 e. The molecular formula is C23H27N5O5S2. The van der Waals surface area contributed by atoms with Crippen LogP contribution >= 0.6 is 11.3 Å². The molecule has 0 spiro atoms. The molecule has 10 nitrogen and oxygen atoms in total. The molecule has 1 aromatic carbocycles. The first-order chi connectivity index (χ1) is 16.6. The third kappa shape index (κ3) is 6.27. The number of anilines is 2. The Kier molecular flexibility index (Phi) is 7.24. The van der Waals surface area contributed by atoms with Gasteiger partial charge in [0, 0.05) is 42.1 Å². The molecule has 186 valence electrons. The number of morpholine rings is 1. The minimum atomic E-state index is -3.48. The van der Waals surface area contributed by atoms with E-state index in [2.05, 4.69) is 46.5 Å². The second-order valence-electron chi connectivity index (χ2n) is 8.47. The molecule has 35 heavy (non-hydrogen) atoms. The van der Waals surface area contributed by atoms with Gasteiger partial charge in [-0.2, -0.15) is 0 Å². The third-order valence-electron chi connectivity index (χ3n) is 5.40. The van der Waals surface area contributed by atoms with Crippen LogP contribution in [0.5, 0.6) is 0 Å². The summed E-state index contributed by atoms with van der Waals surface area (Å²) in [6, 6.07) is 9.47. The molecule has 1 saturated heterocycles. The van der Waals surface area contributed by atoms with E-state index >= 15 is 0 Å². The van der Waals surface area contributed by atoms with Gasteiger partial charge in [0.2, 0.25) is 15.9 Å². The number of rotatable bonds is 7. The molecule has 2 amide bonds. The SMILES string of the molecule is C[C@H]1CN(c2cccc(-c3csc(NC(=O)CNC(=O)c4ccn(S(C)(=O)=O)c4)n3)c2)C[C@H](C)O1. The molecule has 2 aromatic heterocycles. The minimum Gasteiger partial charge on any atom is -0.372 e. The van der Waals surface area contributed by atoms with E-state index < -0.39 is 21.8 Å². The van der Waals surface area contributed by atoms with Crippen molar-refractivity contribution in [3.63, 3.8) is 0 Å². The number of nitrogens with one attached hydrogen (secondary N) is 2. The van der Waals surface area contributed by atoms with Gasteiger partial charge in [-0.05, 0) is 32.0 Å². The topological polar surface area (TPSA) is 123 Å². The Labute approximate surface area is 208 Å². The van der Waals surface area contributed by atoms with Crippen molar-refractivity contribution >= 4 is 44.0 Å². The zero-order valence-corrected chi connectivity index (χ0v) is 21.2. The third-order valence-corrected chi connectivity index (χ3v) is 7.15. The highest BCUT2D eigenvalue weighted by molar-refractivity contribution is 7.89. The van der Waals surface area contributed by atoms with Crippen LogP contribution in [0.2, 0.25) is 0 Å². The lowest BCUT2D eigenvalue weighted by Gasteiger charge is -2.37. The number of aromatic nitrogens is 2. The zero-order valence-electron chi connectivity index (χ0n) is 19.6. The Balaban J connectivity index is 1.35. The van der Waals surface area contributed by atoms with Crippen LogP contribution < -0.4 is 15.5 Å². The van der Waals surface area contributed by atoms with Crippen molar-refractivity contribution in [2.45, 2.75) is 26.1 Å². The first kappa shape index (κ1) is 24.9. The van der Waals surface area contributed by atoms with Crippen LogP contribution in [0.15, 0.2) is 48.1 Å². The molecule has 3 aromatic rings. The standard InChI is InChI=1S/C23H27N5O5S2/c1-15-11-27(12-16(2)33-15)19-6-4-5-17(9-19)20-14-34-23(25-20)26-21(29)10-24-22(30)18-7-8-28(13-18)35(3,31)32/h4-9,13-16H,10-12H2,1-3H3,(H,24,30)(H,25,26,29)/t15-,16-/m0/s1. The van der Waals surface area contributed by atoms with E-state index in [0.717, 1.165) is 40.3 Å². The first-order valence-electron chi connectivity index (χ1n) is 11.0. The Morgan fingerprint density at radius 3 is 2.63 bits per heavy atom. The molecule has 0 unspecified atom stereocenters. The van der Waals surface area contributed by atoms with Crippen molar-refractivity contribution in [2.75, 3.05) is 36.1 Å². The second kappa shape index (κ2) is 10.2. The van der Waals surface area contributed by atoms with Crippen LogP contribution in [-0.2, 0) is 19.6 Å². The van der Waals surface area contributed by atoms with Gasteiger partial charge in [0.05, 0.1) is 36.3 Å². The van der Waals surface area contributed by atoms with E-state index in [0.29, 0.717) is 5.13 Å². The maximum Gasteiger partial charge on any atom is 0.253 e. The summed E-state index contributed by atoms with van der Waals surface area (Å²) in [5, 5.41) is 7.44. The smallest absolute Gasteiger partial charge is 0.253 e. The monoisotopic (exact) mass is 517 g/mol. The van der Waals surface area contributed by atoms with Crippen LogP contribution in [0, 0.1) is 0 Å². The molecule has 4 rings (SSSR count). The molecule has 1 aliphatic rings. The number of benzene rings is 1. The summed E-state index contributed by atoms with van der Waals surface area (Å²) in [4.78, 5) is 31.3. The van der Waals surface area contributed by atoms with Gasteiger partial charge in [-0.25, -0.2) is 13.4 Å². The van der Waals surface area contributed by atoms with E-state index in [4.69, 9.17) is 4.74 Å². The number of ether oxygens (including phenoxy) is 1. The summed E-state index contributed by atoms with van der Waals surface area (Å²) in [6.07, 6.45) is 3.82. The maximum absolute atomic E-state index is 12.3. The summed E-state index contributed by atoms with van der Waals surface area (Å²) in [5.74, 6) is -0.988. The van der Waals surface area contributed by atoms with Gasteiger partial charge in [0.25, 0.3) is 5.91 Å². The Morgan fingerprint density at radius 2 is 1.94 bits per heavy atom. The van der Waals surface area contributed by atoms with Crippen molar-refractivity contribution in [1.29, 1.82) is 0 Å². The number of nitrogens with zero attached hydrogens (tertiary/aromatic N) is 3. The Morgan fingerprint density at radius 1 is 1.20 bits per heavy atom. The highest BCUT2D eigenvalue weighted by Crippen LogP contribution is 2.29. The first-order valence-corrected chi connectivity index (χ1v) is 13.7. The highest BCUT2D eigenvalue weighted by Gasteiger charge is 2.22. The predicted octanol–water partition coefficient (Wildman–Crippen LogP) is 2.40. The number of carbonyl (C=O) groups excluding carboxylic acids is 2. The number of hydrogen-bond acceptors (Lipinski definition) is 8. The van der Waals surface area contributed by atoms with E-state index in [1.165, 1.54) is 29.8 Å². The molecule has 0 bridgehead atoms. The maximum atomic E-state index is 12.3. The van der Waals surface area contributed by atoms with E-state index in [1.807, 2.05) is 17.5 Å². The predicted molar refractivity (Wildman–Crippen MR) is 135 cm³/mol. The van der Waals surface area contributed by atoms with Gasteiger partial charge < -0.3 is 20.3 Å². The van der Waals surface area contributed by atoms with Crippen LogP contribution in [0.4, 0.5) is 10.8 Å². The van der Waals surface area contributed by atoms with E-state index in [-0.39, 0.29) is 24.3 Å². The fraction of sp³-hybridized carbons (Fsp3) is 0.348. The van der Waals surface area contributed by atoms with Gasteiger partial charge in [-0.1, -0.05) is 12.1 Å². The fourth-order valence-corrected chi connectivity index (χ4v) is 5.18. The summed E-state index contributed by atoms with van der Waals surface area (Å²) >= 11 is 1.29. The lowest BCUT2D eigenvalue weighted by atomic mass is 10.1. The van der Waals surface area contributed by atoms with E-state index in [9.17, 15) is 18.0 Å². The van der Waals surface area contributed by atoms with Crippen molar-refractivity contribution in [3.8, 4) is 11.3 Å². The van der Waals surface area contributed by atoms with Crippen molar-refractivity contribution in [3.05, 3.63) is 53.7 Å². The Bertz CT molecular complexity index is 1320. The van der Waals surface area contributed by atoms with Crippen LogP contribution in [0.1, 0.15) is 24.2 Å². The van der Waals surface area contributed by atoms with Gasteiger partial charge in [-0.3, -0.25) is 13.6 Å². The normalized spacial score (nSPS) is 18.3. The van der Waals surface area contributed by atoms with Gasteiger partial charge in [0.15, 0.2) is 5.13 Å². The number of hydrogen-bond donors (Lipinski definition) is 2. The second-order valence-corrected chi connectivity index (χ2v) is 11.2. The average molecular weight is 518 g/mol. The molecule has 3 heterocycles. The minimum absolute atomic E-state index is 0.142. The summed E-state index contributed by atoms with van der Waals surface area (Å²) in [5.41, 5.74) is 2.92. The van der Waals surface area contributed by atoms with Crippen LogP contribution in [0.3, 0.4) is 0 Å². The van der Waals surface area contributed by atoms with E-state index in [1.54, 1.807) is 0 Å². The average Bonchev–Trinajstić information content (AvgIpc) is 3.47. The lowest BCUT2D eigenvalue weighted by Crippen LogP contribution is -2.45. The van der Waals surface area contributed by atoms with Crippen molar-refractivity contribution in [2.24, 2.45) is 0 Å².